The van der Waals surface area contributed by atoms with Gasteiger partial charge in [-0.25, -0.2) is 0 Å². The molecule has 94 valence electrons. The number of aliphatic hydroxyl groups is 1. The maximum atomic E-state index is 11.4. The van der Waals surface area contributed by atoms with E-state index in [0.29, 0.717) is 18.7 Å². The molecule has 1 aromatic carbocycles. The molecule has 0 heterocycles. The molecule has 0 spiro atoms. The summed E-state index contributed by atoms with van der Waals surface area (Å²) in [6.07, 6.45) is 0.228. The molecule has 1 amide bonds. The van der Waals surface area contributed by atoms with Gasteiger partial charge in [-0.3, -0.25) is 4.79 Å². The van der Waals surface area contributed by atoms with Crippen molar-refractivity contribution in [1.82, 2.24) is 5.32 Å². The van der Waals surface area contributed by atoms with Gasteiger partial charge in [0.25, 0.3) is 0 Å². The highest BCUT2D eigenvalue weighted by atomic mass is 32.2. The molecule has 0 aromatic heterocycles. The summed E-state index contributed by atoms with van der Waals surface area (Å²) in [7, 11) is 0. The third-order valence-corrected chi connectivity index (χ3v) is 3.49. The zero-order valence-electron chi connectivity index (χ0n) is 10.3. The summed E-state index contributed by atoms with van der Waals surface area (Å²) >= 11 is 1.47. The summed E-state index contributed by atoms with van der Waals surface area (Å²) in [6, 6.07) is 7.68. The molecule has 0 aliphatic carbocycles. The number of hydrogen-bond acceptors (Lipinski definition) is 3. The molecule has 0 radical (unpaired) electrons. The molecular weight excluding hydrogens is 234 g/mol. The zero-order chi connectivity index (χ0) is 12.7. The summed E-state index contributed by atoms with van der Waals surface area (Å²) in [6.45, 7) is 4.49. The Hall–Kier alpha value is -1.00. The fourth-order valence-corrected chi connectivity index (χ4v) is 2.43. The normalized spacial score (nSPS) is 12.2. The molecule has 0 fully saturated rings. The van der Waals surface area contributed by atoms with Crippen LogP contribution < -0.4 is 5.32 Å². The van der Waals surface area contributed by atoms with Gasteiger partial charge in [0.15, 0.2) is 0 Å². The number of nitrogens with one attached hydrogen (secondary N) is 1. The van der Waals surface area contributed by atoms with Gasteiger partial charge in [-0.2, -0.15) is 0 Å². The lowest BCUT2D eigenvalue weighted by molar-refractivity contribution is -0.118. The van der Waals surface area contributed by atoms with E-state index in [4.69, 9.17) is 0 Å². The van der Waals surface area contributed by atoms with Crippen LogP contribution in [0.2, 0.25) is 0 Å². The first-order valence-electron chi connectivity index (χ1n) is 5.85. The predicted molar refractivity (Wildman–Crippen MR) is 71.1 cm³/mol. The number of hydrogen-bond donors (Lipinski definition) is 2. The average Bonchev–Trinajstić information content (AvgIpc) is 2.36. The van der Waals surface area contributed by atoms with Crippen LogP contribution >= 0.6 is 11.8 Å². The molecular formula is C13H19NO2S. The van der Waals surface area contributed by atoms with E-state index >= 15 is 0 Å². The van der Waals surface area contributed by atoms with Crippen LogP contribution in [0, 0.1) is 0 Å². The maximum Gasteiger partial charge on any atom is 0.230 e. The molecule has 1 rings (SSSR count). The third kappa shape index (κ3) is 4.40. The van der Waals surface area contributed by atoms with Crippen LogP contribution in [0.1, 0.15) is 31.9 Å². The fourth-order valence-electron chi connectivity index (χ4n) is 1.50. The first kappa shape index (κ1) is 14.1. The minimum Gasteiger partial charge on any atom is -0.388 e. The van der Waals surface area contributed by atoms with Gasteiger partial charge in [-0.15, -0.1) is 11.8 Å². The number of carbonyl (C=O) groups is 1. The number of rotatable bonds is 6. The fraction of sp³-hybridized carbons (Fsp3) is 0.462. The number of aliphatic hydroxyl groups excluding tert-OH is 1. The molecule has 0 saturated carbocycles. The monoisotopic (exact) mass is 253 g/mol. The van der Waals surface area contributed by atoms with Crippen LogP contribution in [-0.4, -0.2) is 23.3 Å². The van der Waals surface area contributed by atoms with E-state index in [2.05, 4.69) is 5.32 Å². The Kier molecular flexibility index (Phi) is 6.08. The van der Waals surface area contributed by atoms with Crippen LogP contribution in [0.4, 0.5) is 0 Å². The van der Waals surface area contributed by atoms with Crippen molar-refractivity contribution in [3.63, 3.8) is 0 Å². The molecule has 4 heteroatoms. The smallest absolute Gasteiger partial charge is 0.230 e. The van der Waals surface area contributed by atoms with E-state index in [1.54, 1.807) is 0 Å². The Morgan fingerprint density at radius 1 is 1.41 bits per heavy atom. The van der Waals surface area contributed by atoms with Crippen molar-refractivity contribution in [3.05, 3.63) is 29.8 Å². The predicted octanol–water partition coefficient (Wildman–Crippen LogP) is 2.36. The van der Waals surface area contributed by atoms with E-state index in [1.807, 2.05) is 38.1 Å². The Morgan fingerprint density at radius 3 is 2.76 bits per heavy atom. The molecule has 0 unspecified atom stereocenters. The summed E-state index contributed by atoms with van der Waals surface area (Å²) in [5, 5.41) is 12.6. The van der Waals surface area contributed by atoms with Gasteiger partial charge < -0.3 is 10.4 Å². The van der Waals surface area contributed by atoms with E-state index in [9.17, 15) is 9.90 Å². The van der Waals surface area contributed by atoms with E-state index < -0.39 is 6.10 Å². The van der Waals surface area contributed by atoms with Crippen LogP contribution in [-0.2, 0) is 4.79 Å². The molecule has 0 aliphatic heterocycles. The van der Waals surface area contributed by atoms with Crippen LogP contribution in [0.25, 0.3) is 0 Å². The van der Waals surface area contributed by atoms with Gasteiger partial charge in [-0.1, -0.05) is 25.1 Å². The minimum absolute atomic E-state index is 0.0262. The molecule has 2 N–H and O–H groups in total. The first-order valence-corrected chi connectivity index (χ1v) is 6.84. The highest BCUT2D eigenvalue weighted by molar-refractivity contribution is 8.00. The van der Waals surface area contributed by atoms with Crippen molar-refractivity contribution in [2.45, 2.75) is 31.3 Å². The number of carbonyl (C=O) groups excluding carboxylic acids is 1. The Balaban J connectivity index is 2.67. The van der Waals surface area contributed by atoms with Gasteiger partial charge in [-0.05, 0) is 25.0 Å². The second kappa shape index (κ2) is 7.35. The van der Waals surface area contributed by atoms with Gasteiger partial charge >= 0.3 is 0 Å². The summed E-state index contributed by atoms with van der Waals surface area (Å²) in [5.41, 5.74) is 0.907. The second-order valence-electron chi connectivity index (χ2n) is 3.70. The molecule has 0 bridgehead atoms. The number of benzene rings is 1. The third-order valence-electron chi connectivity index (χ3n) is 2.40. The van der Waals surface area contributed by atoms with E-state index in [0.717, 1.165) is 10.5 Å². The lowest BCUT2D eigenvalue weighted by Gasteiger charge is -2.13. The largest absolute Gasteiger partial charge is 0.388 e. The van der Waals surface area contributed by atoms with Crippen molar-refractivity contribution < 1.29 is 9.90 Å². The van der Waals surface area contributed by atoms with Crippen molar-refractivity contribution >= 4 is 17.7 Å². The molecule has 0 saturated heterocycles. The molecule has 17 heavy (non-hydrogen) atoms. The molecule has 3 nitrogen and oxygen atoms in total. The Labute approximate surface area is 107 Å². The Morgan fingerprint density at radius 2 is 2.12 bits per heavy atom. The minimum atomic E-state index is -0.451. The zero-order valence-corrected chi connectivity index (χ0v) is 11.1. The van der Waals surface area contributed by atoms with Crippen LogP contribution in [0.15, 0.2) is 29.2 Å². The van der Waals surface area contributed by atoms with E-state index in [-0.39, 0.29) is 5.91 Å². The number of amides is 1. The van der Waals surface area contributed by atoms with Crippen molar-refractivity contribution in [1.29, 1.82) is 0 Å². The summed E-state index contributed by atoms with van der Waals surface area (Å²) in [4.78, 5) is 12.4. The summed E-state index contributed by atoms with van der Waals surface area (Å²) < 4.78 is 0. The lowest BCUT2D eigenvalue weighted by atomic mass is 10.1. The van der Waals surface area contributed by atoms with E-state index in [1.165, 1.54) is 11.8 Å². The van der Waals surface area contributed by atoms with Crippen molar-refractivity contribution in [2.75, 3.05) is 12.3 Å². The quantitative estimate of drug-likeness (QED) is 0.765. The highest BCUT2D eigenvalue weighted by Gasteiger charge is 2.11. The van der Waals surface area contributed by atoms with Crippen molar-refractivity contribution in [3.8, 4) is 0 Å². The van der Waals surface area contributed by atoms with Crippen LogP contribution in [0.5, 0.6) is 0 Å². The molecule has 0 aliphatic rings. The SMILES string of the molecule is CCNC(=O)CSc1ccccc1[C@H](O)CC. The van der Waals surface area contributed by atoms with Gasteiger partial charge in [0.2, 0.25) is 5.91 Å². The first-order chi connectivity index (χ1) is 8.19. The van der Waals surface area contributed by atoms with Crippen LogP contribution in [0.3, 0.4) is 0 Å². The highest BCUT2D eigenvalue weighted by Crippen LogP contribution is 2.28. The lowest BCUT2D eigenvalue weighted by Crippen LogP contribution is -2.24. The molecule has 1 atom stereocenters. The number of thioether (sulfide) groups is 1. The summed E-state index contributed by atoms with van der Waals surface area (Å²) in [5.74, 6) is 0.416. The van der Waals surface area contributed by atoms with Gasteiger partial charge in [0.05, 0.1) is 11.9 Å². The van der Waals surface area contributed by atoms with Gasteiger partial charge in [0.1, 0.15) is 0 Å². The molecule has 1 aromatic rings. The van der Waals surface area contributed by atoms with Gasteiger partial charge in [0, 0.05) is 11.4 Å². The average molecular weight is 253 g/mol. The standard InChI is InChI=1S/C13H19NO2S/c1-3-11(15)10-7-5-6-8-12(10)17-9-13(16)14-4-2/h5-8,11,15H,3-4,9H2,1-2H3,(H,14,16)/t11-/m1/s1. The van der Waals surface area contributed by atoms with Crippen molar-refractivity contribution in [2.24, 2.45) is 0 Å². The topological polar surface area (TPSA) is 49.3 Å². The maximum absolute atomic E-state index is 11.4. The Bertz CT molecular complexity index is 368. The second-order valence-corrected chi connectivity index (χ2v) is 4.72.